The minimum Gasteiger partial charge on any atom is -0.491 e. The Labute approximate surface area is 188 Å². The van der Waals surface area contributed by atoms with Crippen LogP contribution in [0.25, 0.3) is 5.57 Å². The second kappa shape index (κ2) is 9.10. The van der Waals surface area contributed by atoms with E-state index in [1.807, 2.05) is 69.3 Å². The average molecular weight is 427 g/mol. The SMILES string of the molecule is CCCOc1ccccc1N1C(=O)C(Nc2cc(C)cc(C)c2)=C(c2ccccc2)C1=O. The summed E-state index contributed by atoms with van der Waals surface area (Å²) in [6, 6.07) is 22.4. The molecule has 1 heterocycles. The topological polar surface area (TPSA) is 58.6 Å². The number of nitrogens with zero attached hydrogens (tertiary/aromatic N) is 1. The summed E-state index contributed by atoms with van der Waals surface area (Å²) < 4.78 is 5.84. The first-order valence-electron chi connectivity index (χ1n) is 10.7. The highest BCUT2D eigenvalue weighted by Gasteiger charge is 2.41. The number of anilines is 2. The van der Waals surface area contributed by atoms with E-state index in [1.54, 1.807) is 18.2 Å². The molecular formula is C27H26N2O3. The Bertz CT molecular complexity index is 1180. The summed E-state index contributed by atoms with van der Waals surface area (Å²) in [5.74, 6) is -0.266. The monoisotopic (exact) mass is 426 g/mol. The van der Waals surface area contributed by atoms with Crippen LogP contribution in [0.3, 0.4) is 0 Å². The number of carbonyl (C=O) groups is 2. The average Bonchev–Trinajstić information content (AvgIpc) is 3.01. The first kappa shape index (κ1) is 21.4. The highest BCUT2D eigenvalue weighted by molar-refractivity contribution is 6.46. The van der Waals surface area contributed by atoms with Gasteiger partial charge in [0.15, 0.2) is 0 Å². The van der Waals surface area contributed by atoms with Gasteiger partial charge in [0, 0.05) is 5.69 Å². The molecular weight excluding hydrogens is 400 g/mol. The summed E-state index contributed by atoms with van der Waals surface area (Å²) in [7, 11) is 0. The normalized spacial score (nSPS) is 13.7. The van der Waals surface area contributed by atoms with Gasteiger partial charge in [-0.3, -0.25) is 9.59 Å². The minimum atomic E-state index is -0.402. The van der Waals surface area contributed by atoms with Crippen molar-refractivity contribution >= 4 is 28.8 Å². The van der Waals surface area contributed by atoms with Crippen LogP contribution in [0.5, 0.6) is 5.75 Å². The van der Waals surface area contributed by atoms with Gasteiger partial charge in [0.1, 0.15) is 11.4 Å². The minimum absolute atomic E-state index is 0.261. The zero-order valence-electron chi connectivity index (χ0n) is 18.5. The molecule has 2 amide bonds. The van der Waals surface area contributed by atoms with Gasteiger partial charge >= 0.3 is 0 Å². The van der Waals surface area contributed by atoms with Crippen molar-refractivity contribution in [3.63, 3.8) is 0 Å². The van der Waals surface area contributed by atoms with Gasteiger partial charge in [-0.05, 0) is 61.2 Å². The lowest BCUT2D eigenvalue weighted by atomic mass is 10.0. The van der Waals surface area contributed by atoms with Crippen molar-refractivity contribution < 1.29 is 14.3 Å². The first-order valence-corrected chi connectivity index (χ1v) is 10.7. The van der Waals surface area contributed by atoms with Crippen LogP contribution in [-0.2, 0) is 9.59 Å². The first-order chi connectivity index (χ1) is 15.5. The lowest BCUT2D eigenvalue weighted by Gasteiger charge is -2.19. The largest absolute Gasteiger partial charge is 0.491 e. The molecule has 0 spiro atoms. The maximum atomic E-state index is 13.6. The Balaban J connectivity index is 1.81. The molecule has 1 aliphatic rings. The fourth-order valence-electron chi connectivity index (χ4n) is 3.90. The fourth-order valence-corrected chi connectivity index (χ4v) is 3.90. The number of benzene rings is 3. The van der Waals surface area contributed by atoms with Gasteiger partial charge in [-0.2, -0.15) is 0 Å². The molecule has 0 fully saturated rings. The summed E-state index contributed by atoms with van der Waals surface area (Å²) in [5, 5.41) is 3.24. The standard InChI is InChI=1S/C27H26N2O3/c1-4-14-32-23-13-9-8-12-22(23)29-26(30)24(20-10-6-5-7-11-20)25(27(29)31)28-21-16-18(2)15-19(3)17-21/h5-13,15-17,28H,4,14H2,1-3H3. The van der Waals surface area contributed by atoms with Crippen LogP contribution in [0.1, 0.15) is 30.0 Å². The number of carbonyl (C=O) groups excluding carboxylic acids is 2. The highest BCUT2D eigenvalue weighted by Crippen LogP contribution is 2.38. The molecule has 0 radical (unpaired) electrons. The maximum absolute atomic E-state index is 13.6. The van der Waals surface area contributed by atoms with Crippen molar-refractivity contribution in [2.45, 2.75) is 27.2 Å². The molecule has 0 aromatic heterocycles. The van der Waals surface area contributed by atoms with Gasteiger partial charge in [-0.15, -0.1) is 0 Å². The summed E-state index contributed by atoms with van der Waals surface area (Å²) in [4.78, 5) is 28.5. The summed E-state index contributed by atoms with van der Waals surface area (Å²) >= 11 is 0. The summed E-state index contributed by atoms with van der Waals surface area (Å²) in [6.45, 7) is 6.51. The van der Waals surface area contributed by atoms with E-state index < -0.39 is 5.91 Å². The van der Waals surface area contributed by atoms with Crippen LogP contribution < -0.4 is 15.0 Å². The third kappa shape index (κ3) is 4.14. The third-order valence-corrected chi connectivity index (χ3v) is 5.21. The molecule has 0 saturated heterocycles. The van der Waals surface area contributed by atoms with Gasteiger partial charge in [0.25, 0.3) is 11.8 Å². The molecule has 3 aromatic rings. The number of nitrogens with one attached hydrogen (secondary N) is 1. The molecule has 0 saturated carbocycles. The number of ether oxygens (including phenoxy) is 1. The van der Waals surface area contributed by atoms with E-state index in [-0.39, 0.29) is 11.6 Å². The predicted molar refractivity (Wildman–Crippen MR) is 128 cm³/mol. The van der Waals surface area contributed by atoms with E-state index in [9.17, 15) is 9.59 Å². The van der Waals surface area contributed by atoms with Gasteiger partial charge in [0.2, 0.25) is 0 Å². The maximum Gasteiger partial charge on any atom is 0.282 e. The number of rotatable bonds is 7. The van der Waals surface area contributed by atoms with Crippen LogP contribution in [0.2, 0.25) is 0 Å². The van der Waals surface area contributed by atoms with Crippen LogP contribution in [0.4, 0.5) is 11.4 Å². The van der Waals surface area contributed by atoms with E-state index in [2.05, 4.69) is 11.4 Å². The van der Waals surface area contributed by atoms with Crippen molar-refractivity contribution in [3.8, 4) is 5.75 Å². The van der Waals surface area contributed by atoms with Crippen molar-refractivity contribution in [3.05, 3.63) is 95.2 Å². The quantitative estimate of drug-likeness (QED) is 0.508. The van der Waals surface area contributed by atoms with Gasteiger partial charge in [-0.25, -0.2) is 4.90 Å². The van der Waals surface area contributed by atoms with E-state index in [4.69, 9.17) is 4.74 Å². The van der Waals surface area contributed by atoms with E-state index in [1.165, 1.54) is 4.90 Å². The van der Waals surface area contributed by atoms with Crippen molar-refractivity contribution in [2.24, 2.45) is 0 Å². The number of para-hydroxylation sites is 2. The number of aryl methyl sites for hydroxylation is 2. The molecule has 1 N–H and O–H groups in total. The van der Waals surface area contributed by atoms with E-state index >= 15 is 0 Å². The molecule has 1 aliphatic heterocycles. The van der Waals surface area contributed by atoms with Gasteiger partial charge in [0.05, 0.1) is 17.9 Å². The highest BCUT2D eigenvalue weighted by atomic mass is 16.5. The van der Waals surface area contributed by atoms with Gasteiger partial charge in [-0.1, -0.05) is 55.5 Å². The van der Waals surface area contributed by atoms with Crippen molar-refractivity contribution in [2.75, 3.05) is 16.8 Å². The van der Waals surface area contributed by atoms with Crippen LogP contribution in [0.15, 0.2) is 78.5 Å². The zero-order valence-corrected chi connectivity index (χ0v) is 18.5. The second-order valence-corrected chi connectivity index (χ2v) is 7.88. The molecule has 0 unspecified atom stereocenters. The van der Waals surface area contributed by atoms with Gasteiger partial charge < -0.3 is 10.1 Å². The van der Waals surface area contributed by atoms with Crippen molar-refractivity contribution in [1.29, 1.82) is 0 Å². The zero-order chi connectivity index (χ0) is 22.7. The second-order valence-electron chi connectivity index (χ2n) is 7.88. The molecule has 5 nitrogen and oxygen atoms in total. The fraction of sp³-hybridized carbons (Fsp3) is 0.185. The Hall–Kier alpha value is -3.86. The third-order valence-electron chi connectivity index (χ3n) is 5.21. The number of amides is 2. The lowest BCUT2D eigenvalue weighted by Crippen LogP contribution is -2.32. The predicted octanol–water partition coefficient (Wildman–Crippen LogP) is 5.49. The molecule has 0 bridgehead atoms. The molecule has 162 valence electrons. The number of imide groups is 1. The summed E-state index contributed by atoms with van der Waals surface area (Å²) in [5.41, 5.74) is 4.65. The molecule has 5 heteroatoms. The van der Waals surface area contributed by atoms with Crippen LogP contribution in [0, 0.1) is 13.8 Å². The summed E-state index contributed by atoms with van der Waals surface area (Å²) in [6.07, 6.45) is 0.823. The van der Waals surface area contributed by atoms with E-state index in [0.717, 1.165) is 23.2 Å². The molecule has 32 heavy (non-hydrogen) atoms. The Morgan fingerprint density at radius 3 is 2.19 bits per heavy atom. The molecule has 0 aliphatic carbocycles. The van der Waals surface area contributed by atoms with E-state index in [0.29, 0.717) is 29.2 Å². The molecule has 3 aromatic carbocycles. The number of hydrogen-bond acceptors (Lipinski definition) is 4. The molecule has 4 rings (SSSR count). The Morgan fingerprint density at radius 1 is 0.844 bits per heavy atom. The van der Waals surface area contributed by atoms with Crippen LogP contribution >= 0.6 is 0 Å². The molecule has 0 atom stereocenters. The number of hydrogen-bond donors (Lipinski definition) is 1. The Morgan fingerprint density at radius 2 is 1.50 bits per heavy atom. The smallest absolute Gasteiger partial charge is 0.282 e. The van der Waals surface area contributed by atoms with Crippen molar-refractivity contribution in [1.82, 2.24) is 0 Å². The lowest BCUT2D eigenvalue weighted by molar-refractivity contribution is -0.120. The Kier molecular flexibility index (Phi) is 6.08. The van der Waals surface area contributed by atoms with Crippen LogP contribution in [-0.4, -0.2) is 18.4 Å².